The molecule has 1 aromatic carbocycles. The molecule has 1 amide bonds. The summed E-state index contributed by atoms with van der Waals surface area (Å²) in [7, 11) is 0. The number of halogens is 1. The minimum atomic E-state index is -0.282. The summed E-state index contributed by atoms with van der Waals surface area (Å²) in [5, 5.41) is 6.12. The van der Waals surface area contributed by atoms with E-state index in [2.05, 4.69) is 10.6 Å². The maximum atomic E-state index is 13.5. The molecule has 2 fully saturated rings. The fourth-order valence-corrected chi connectivity index (χ4v) is 3.37. The second-order valence-electron chi connectivity index (χ2n) is 5.69. The van der Waals surface area contributed by atoms with Crippen LogP contribution in [-0.2, 0) is 4.79 Å². The van der Waals surface area contributed by atoms with Crippen LogP contribution in [0.4, 0.5) is 10.1 Å². The summed E-state index contributed by atoms with van der Waals surface area (Å²) < 4.78 is 13.5. The lowest BCUT2D eigenvalue weighted by Gasteiger charge is -2.17. The van der Waals surface area contributed by atoms with Gasteiger partial charge in [0.2, 0.25) is 5.91 Å². The molecule has 3 rings (SSSR count). The quantitative estimate of drug-likeness (QED) is 0.859. The summed E-state index contributed by atoms with van der Waals surface area (Å²) in [6, 6.07) is 4.70. The molecule has 19 heavy (non-hydrogen) atoms. The molecule has 1 saturated heterocycles. The second kappa shape index (κ2) is 4.93. The smallest absolute Gasteiger partial charge is 0.241 e. The van der Waals surface area contributed by atoms with Crippen molar-refractivity contribution in [1.29, 1.82) is 0 Å². The van der Waals surface area contributed by atoms with Crippen molar-refractivity contribution in [3.63, 3.8) is 0 Å². The molecule has 4 heteroatoms. The number of hydrogen-bond acceptors (Lipinski definition) is 2. The van der Waals surface area contributed by atoms with Crippen molar-refractivity contribution in [2.75, 3.05) is 11.9 Å². The highest BCUT2D eigenvalue weighted by Gasteiger charge is 2.42. The Hall–Kier alpha value is -1.42. The first-order valence-corrected chi connectivity index (χ1v) is 6.95. The van der Waals surface area contributed by atoms with Crippen LogP contribution >= 0.6 is 0 Å². The molecule has 3 atom stereocenters. The van der Waals surface area contributed by atoms with Crippen molar-refractivity contribution in [2.45, 2.75) is 32.2 Å². The highest BCUT2D eigenvalue weighted by Crippen LogP contribution is 2.37. The summed E-state index contributed by atoms with van der Waals surface area (Å²) in [6.07, 6.45) is 3.57. The molecule has 1 aliphatic carbocycles. The van der Waals surface area contributed by atoms with Crippen molar-refractivity contribution in [3.8, 4) is 0 Å². The van der Waals surface area contributed by atoms with Gasteiger partial charge in [0, 0.05) is 5.69 Å². The lowest BCUT2D eigenvalue weighted by atomic mass is 9.93. The van der Waals surface area contributed by atoms with Crippen LogP contribution < -0.4 is 10.6 Å². The Morgan fingerprint density at radius 3 is 3.05 bits per heavy atom. The zero-order valence-electron chi connectivity index (χ0n) is 11.1. The monoisotopic (exact) mass is 262 g/mol. The SMILES string of the molecule is Cc1ccc(NC(=O)C2NCC3CCCC32)cc1F. The molecule has 1 aliphatic heterocycles. The molecule has 2 aliphatic rings. The van der Waals surface area contributed by atoms with E-state index in [1.807, 2.05) is 0 Å². The van der Waals surface area contributed by atoms with Gasteiger partial charge in [0.15, 0.2) is 0 Å². The number of hydrogen-bond donors (Lipinski definition) is 2. The minimum Gasteiger partial charge on any atom is -0.325 e. The van der Waals surface area contributed by atoms with E-state index in [-0.39, 0.29) is 17.8 Å². The van der Waals surface area contributed by atoms with E-state index in [1.54, 1.807) is 19.1 Å². The van der Waals surface area contributed by atoms with Gasteiger partial charge in [-0.05, 0) is 55.8 Å². The standard InChI is InChI=1S/C15H19FN2O/c1-9-5-6-11(7-13(9)16)18-15(19)14-12-4-2-3-10(12)8-17-14/h5-7,10,12,14,17H,2-4,8H2,1H3,(H,18,19). The van der Waals surface area contributed by atoms with E-state index >= 15 is 0 Å². The van der Waals surface area contributed by atoms with Gasteiger partial charge in [0.1, 0.15) is 5.82 Å². The predicted molar refractivity (Wildman–Crippen MR) is 72.4 cm³/mol. The van der Waals surface area contributed by atoms with Gasteiger partial charge < -0.3 is 10.6 Å². The van der Waals surface area contributed by atoms with E-state index in [4.69, 9.17) is 0 Å². The molecular formula is C15H19FN2O. The van der Waals surface area contributed by atoms with E-state index < -0.39 is 0 Å². The average molecular weight is 262 g/mol. The maximum absolute atomic E-state index is 13.5. The van der Waals surface area contributed by atoms with Crippen LogP contribution in [-0.4, -0.2) is 18.5 Å². The minimum absolute atomic E-state index is 0.0300. The van der Waals surface area contributed by atoms with E-state index in [1.165, 1.54) is 18.9 Å². The van der Waals surface area contributed by atoms with E-state index in [0.29, 0.717) is 23.1 Å². The molecule has 0 radical (unpaired) electrons. The molecule has 1 saturated carbocycles. The Morgan fingerprint density at radius 1 is 1.42 bits per heavy atom. The molecule has 2 N–H and O–H groups in total. The molecule has 0 aromatic heterocycles. The van der Waals surface area contributed by atoms with Crippen LogP contribution in [0.5, 0.6) is 0 Å². The van der Waals surface area contributed by atoms with Gasteiger partial charge in [-0.3, -0.25) is 4.79 Å². The number of carbonyl (C=O) groups is 1. The number of aryl methyl sites for hydroxylation is 1. The molecule has 0 spiro atoms. The zero-order valence-corrected chi connectivity index (χ0v) is 11.1. The second-order valence-corrected chi connectivity index (χ2v) is 5.69. The Bertz CT molecular complexity index is 503. The first-order chi connectivity index (χ1) is 9.15. The van der Waals surface area contributed by atoms with Crippen molar-refractivity contribution in [1.82, 2.24) is 5.32 Å². The molecule has 3 nitrogen and oxygen atoms in total. The Morgan fingerprint density at radius 2 is 2.26 bits per heavy atom. The fourth-order valence-electron chi connectivity index (χ4n) is 3.37. The first kappa shape index (κ1) is 12.6. The lowest BCUT2D eigenvalue weighted by molar-refractivity contribution is -0.118. The predicted octanol–water partition coefficient (Wildman–Crippen LogP) is 2.46. The summed E-state index contributed by atoms with van der Waals surface area (Å²) in [5.41, 5.74) is 1.13. The molecular weight excluding hydrogens is 243 g/mol. The number of nitrogens with one attached hydrogen (secondary N) is 2. The number of anilines is 1. The van der Waals surface area contributed by atoms with Crippen LogP contribution in [0.3, 0.4) is 0 Å². The fraction of sp³-hybridized carbons (Fsp3) is 0.533. The third kappa shape index (κ3) is 2.37. The Labute approximate surface area is 112 Å². The summed E-state index contributed by atoms with van der Waals surface area (Å²) in [4.78, 5) is 12.3. The number of fused-ring (bicyclic) bond motifs is 1. The molecule has 1 heterocycles. The third-order valence-corrected chi connectivity index (χ3v) is 4.47. The average Bonchev–Trinajstić information content (AvgIpc) is 2.95. The zero-order chi connectivity index (χ0) is 13.4. The Kier molecular flexibility index (Phi) is 3.27. The molecule has 102 valence electrons. The summed E-state index contributed by atoms with van der Waals surface area (Å²) in [6.45, 7) is 2.65. The van der Waals surface area contributed by atoms with Gasteiger partial charge in [-0.1, -0.05) is 12.5 Å². The molecule has 3 unspecified atom stereocenters. The van der Waals surface area contributed by atoms with Gasteiger partial charge in [-0.15, -0.1) is 0 Å². The van der Waals surface area contributed by atoms with Gasteiger partial charge in [0.25, 0.3) is 0 Å². The summed E-state index contributed by atoms with van der Waals surface area (Å²) >= 11 is 0. The maximum Gasteiger partial charge on any atom is 0.241 e. The molecule has 0 bridgehead atoms. The van der Waals surface area contributed by atoms with Gasteiger partial charge in [0.05, 0.1) is 6.04 Å². The highest BCUT2D eigenvalue weighted by atomic mass is 19.1. The topological polar surface area (TPSA) is 41.1 Å². The van der Waals surface area contributed by atoms with E-state index in [9.17, 15) is 9.18 Å². The lowest BCUT2D eigenvalue weighted by Crippen LogP contribution is -2.39. The Balaban J connectivity index is 1.69. The van der Waals surface area contributed by atoms with Crippen LogP contribution in [0.25, 0.3) is 0 Å². The normalized spacial score (nSPS) is 29.3. The van der Waals surface area contributed by atoms with Crippen molar-refractivity contribution < 1.29 is 9.18 Å². The first-order valence-electron chi connectivity index (χ1n) is 6.95. The van der Waals surface area contributed by atoms with E-state index in [0.717, 1.165) is 13.0 Å². The van der Waals surface area contributed by atoms with Crippen molar-refractivity contribution in [2.24, 2.45) is 11.8 Å². The number of carbonyl (C=O) groups excluding carboxylic acids is 1. The number of benzene rings is 1. The highest BCUT2D eigenvalue weighted by molar-refractivity contribution is 5.95. The van der Waals surface area contributed by atoms with Crippen LogP contribution in [0.1, 0.15) is 24.8 Å². The summed E-state index contributed by atoms with van der Waals surface area (Å²) in [5.74, 6) is 0.786. The largest absolute Gasteiger partial charge is 0.325 e. The van der Waals surface area contributed by atoms with Crippen molar-refractivity contribution in [3.05, 3.63) is 29.6 Å². The van der Waals surface area contributed by atoms with Crippen molar-refractivity contribution >= 4 is 11.6 Å². The van der Waals surface area contributed by atoms with Gasteiger partial charge in [-0.2, -0.15) is 0 Å². The van der Waals surface area contributed by atoms with Gasteiger partial charge in [-0.25, -0.2) is 4.39 Å². The number of amides is 1. The van der Waals surface area contributed by atoms with Gasteiger partial charge >= 0.3 is 0 Å². The molecule has 1 aromatic rings. The number of rotatable bonds is 2. The van der Waals surface area contributed by atoms with Crippen LogP contribution in [0, 0.1) is 24.6 Å². The third-order valence-electron chi connectivity index (χ3n) is 4.47. The van der Waals surface area contributed by atoms with Crippen LogP contribution in [0.15, 0.2) is 18.2 Å². The van der Waals surface area contributed by atoms with Crippen LogP contribution in [0.2, 0.25) is 0 Å².